The number of hydrogen-bond acceptors (Lipinski definition) is 3. The topological polar surface area (TPSA) is 50.7 Å². The lowest BCUT2D eigenvalue weighted by atomic mass is 9.86. The molecule has 23 heavy (non-hydrogen) atoms. The summed E-state index contributed by atoms with van der Waals surface area (Å²) in [7, 11) is 0. The highest BCUT2D eigenvalue weighted by Gasteiger charge is 2.21. The SMILES string of the molecule is C=C(CC1CCCCC1)N=C(C(=C)C)C(=O)NC1CCOCC1. The van der Waals surface area contributed by atoms with Gasteiger partial charge in [-0.05, 0) is 37.7 Å². The van der Waals surface area contributed by atoms with Crippen LogP contribution in [0.2, 0.25) is 0 Å². The maximum Gasteiger partial charge on any atom is 0.270 e. The zero-order valence-corrected chi connectivity index (χ0v) is 14.4. The third kappa shape index (κ3) is 5.94. The Kier molecular flexibility index (Phi) is 7.03. The van der Waals surface area contributed by atoms with Crippen LogP contribution in [-0.4, -0.2) is 30.9 Å². The number of allylic oxidation sites excluding steroid dienone is 1. The second kappa shape index (κ2) is 9.02. The number of ether oxygens (including phenoxy) is 1. The molecule has 2 rings (SSSR count). The Hall–Kier alpha value is -1.42. The second-order valence-corrected chi connectivity index (χ2v) is 6.88. The Morgan fingerprint density at radius 1 is 1.13 bits per heavy atom. The van der Waals surface area contributed by atoms with Crippen LogP contribution in [0.15, 0.2) is 29.4 Å². The fourth-order valence-corrected chi connectivity index (χ4v) is 3.36. The molecule has 1 saturated carbocycles. The average Bonchev–Trinajstić information content (AvgIpc) is 2.54. The Balaban J connectivity index is 1.93. The molecule has 128 valence electrons. The minimum atomic E-state index is -0.130. The van der Waals surface area contributed by atoms with E-state index >= 15 is 0 Å². The van der Waals surface area contributed by atoms with Gasteiger partial charge in [-0.15, -0.1) is 0 Å². The summed E-state index contributed by atoms with van der Waals surface area (Å²) in [4.78, 5) is 17.0. The van der Waals surface area contributed by atoms with Crippen LogP contribution in [0.5, 0.6) is 0 Å². The molecular formula is C19H30N2O2. The standard InChI is InChI=1S/C19H30N2O2/c1-14(2)18(19(22)21-17-9-11-23-12-10-17)20-15(3)13-16-7-5-4-6-8-16/h16-17H,1,3-13H2,2H3,(H,21,22). The molecule has 2 aliphatic rings. The first-order valence-corrected chi connectivity index (χ1v) is 8.87. The molecular weight excluding hydrogens is 288 g/mol. The molecule has 4 nitrogen and oxygen atoms in total. The Labute approximate surface area is 140 Å². The highest BCUT2D eigenvalue weighted by Crippen LogP contribution is 2.28. The molecule has 0 unspecified atom stereocenters. The number of rotatable bonds is 6. The molecule has 0 aromatic carbocycles. The van der Waals surface area contributed by atoms with Crippen LogP contribution in [0.1, 0.15) is 58.3 Å². The predicted molar refractivity (Wildman–Crippen MR) is 94.6 cm³/mol. The first kappa shape index (κ1) is 17.9. The molecule has 4 heteroatoms. The highest BCUT2D eigenvalue weighted by atomic mass is 16.5. The number of amides is 1. The Morgan fingerprint density at radius 2 is 1.78 bits per heavy atom. The zero-order chi connectivity index (χ0) is 16.7. The lowest BCUT2D eigenvalue weighted by Crippen LogP contribution is -2.42. The van der Waals surface area contributed by atoms with Crippen molar-refractivity contribution in [1.82, 2.24) is 5.32 Å². The lowest BCUT2D eigenvalue weighted by Gasteiger charge is -2.24. The summed E-state index contributed by atoms with van der Waals surface area (Å²) in [5, 5.41) is 3.06. The molecule has 1 saturated heterocycles. The Morgan fingerprint density at radius 3 is 2.39 bits per heavy atom. The van der Waals surface area contributed by atoms with Crippen LogP contribution in [0, 0.1) is 5.92 Å². The van der Waals surface area contributed by atoms with Gasteiger partial charge in [0.1, 0.15) is 5.71 Å². The first-order valence-electron chi connectivity index (χ1n) is 8.87. The van der Waals surface area contributed by atoms with E-state index in [0.717, 1.165) is 25.0 Å². The normalized spacial score (nSPS) is 21.0. The molecule has 0 bridgehead atoms. The monoisotopic (exact) mass is 318 g/mol. The molecule has 1 aliphatic heterocycles. The van der Waals surface area contributed by atoms with Crippen molar-refractivity contribution >= 4 is 11.6 Å². The summed E-state index contributed by atoms with van der Waals surface area (Å²) in [5.74, 6) is 0.541. The van der Waals surface area contributed by atoms with Gasteiger partial charge in [0.2, 0.25) is 0 Å². The van der Waals surface area contributed by atoms with Gasteiger partial charge in [0.25, 0.3) is 5.91 Å². The van der Waals surface area contributed by atoms with Gasteiger partial charge in [0, 0.05) is 25.0 Å². The van der Waals surface area contributed by atoms with E-state index in [-0.39, 0.29) is 11.9 Å². The third-order valence-electron chi connectivity index (χ3n) is 4.69. The zero-order valence-electron chi connectivity index (χ0n) is 14.4. The van der Waals surface area contributed by atoms with Gasteiger partial charge in [0.05, 0.1) is 0 Å². The minimum Gasteiger partial charge on any atom is -0.381 e. The van der Waals surface area contributed by atoms with Crippen LogP contribution < -0.4 is 5.32 Å². The smallest absolute Gasteiger partial charge is 0.270 e. The molecule has 1 aliphatic carbocycles. The van der Waals surface area contributed by atoms with E-state index in [0.29, 0.717) is 30.4 Å². The summed E-state index contributed by atoms with van der Waals surface area (Å²) in [6.45, 7) is 11.2. The second-order valence-electron chi connectivity index (χ2n) is 6.88. The van der Waals surface area contributed by atoms with E-state index in [9.17, 15) is 4.79 Å². The van der Waals surface area contributed by atoms with E-state index in [1.165, 1.54) is 32.1 Å². The van der Waals surface area contributed by atoms with Crippen LogP contribution in [0.3, 0.4) is 0 Å². The van der Waals surface area contributed by atoms with Gasteiger partial charge in [0.15, 0.2) is 0 Å². The van der Waals surface area contributed by atoms with E-state index in [1.807, 2.05) is 6.92 Å². The van der Waals surface area contributed by atoms with Crippen molar-refractivity contribution in [3.8, 4) is 0 Å². The fourth-order valence-electron chi connectivity index (χ4n) is 3.36. The molecule has 0 atom stereocenters. The quantitative estimate of drug-likeness (QED) is 0.758. The lowest BCUT2D eigenvalue weighted by molar-refractivity contribution is -0.116. The van der Waals surface area contributed by atoms with Crippen molar-refractivity contribution in [2.24, 2.45) is 10.9 Å². The van der Waals surface area contributed by atoms with Crippen LogP contribution in [0.4, 0.5) is 0 Å². The van der Waals surface area contributed by atoms with Gasteiger partial charge in [-0.3, -0.25) is 4.79 Å². The van der Waals surface area contributed by atoms with Crippen molar-refractivity contribution in [3.05, 3.63) is 24.4 Å². The minimum absolute atomic E-state index is 0.130. The summed E-state index contributed by atoms with van der Waals surface area (Å²) in [5.41, 5.74) is 1.92. The van der Waals surface area contributed by atoms with Crippen molar-refractivity contribution < 1.29 is 9.53 Å². The van der Waals surface area contributed by atoms with Crippen LogP contribution in [0.25, 0.3) is 0 Å². The van der Waals surface area contributed by atoms with Gasteiger partial charge in [-0.25, -0.2) is 4.99 Å². The number of nitrogens with one attached hydrogen (secondary N) is 1. The summed E-state index contributed by atoms with van der Waals surface area (Å²) in [6.07, 6.45) is 9.07. The number of nitrogens with zero attached hydrogens (tertiary/aromatic N) is 1. The first-order chi connectivity index (χ1) is 11.1. The van der Waals surface area contributed by atoms with Gasteiger partial charge in [-0.1, -0.05) is 45.3 Å². The van der Waals surface area contributed by atoms with Crippen molar-refractivity contribution in [3.63, 3.8) is 0 Å². The van der Waals surface area contributed by atoms with E-state index in [2.05, 4.69) is 23.5 Å². The molecule has 1 heterocycles. The fraction of sp³-hybridized carbons (Fsp3) is 0.684. The van der Waals surface area contributed by atoms with Crippen LogP contribution >= 0.6 is 0 Å². The number of aliphatic imine (C=N–C) groups is 1. The number of carbonyl (C=O) groups is 1. The maximum atomic E-state index is 12.5. The summed E-state index contributed by atoms with van der Waals surface area (Å²) >= 11 is 0. The van der Waals surface area contributed by atoms with Crippen molar-refractivity contribution in [2.45, 2.75) is 64.3 Å². The van der Waals surface area contributed by atoms with Gasteiger partial charge >= 0.3 is 0 Å². The third-order valence-corrected chi connectivity index (χ3v) is 4.69. The summed E-state index contributed by atoms with van der Waals surface area (Å²) < 4.78 is 5.33. The van der Waals surface area contributed by atoms with Gasteiger partial charge < -0.3 is 10.1 Å². The average molecular weight is 318 g/mol. The number of hydrogen-bond donors (Lipinski definition) is 1. The summed E-state index contributed by atoms with van der Waals surface area (Å²) in [6, 6.07) is 0.174. The number of carbonyl (C=O) groups excluding carboxylic acids is 1. The van der Waals surface area contributed by atoms with Crippen LogP contribution in [-0.2, 0) is 9.53 Å². The molecule has 1 amide bonds. The molecule has 0 spiro atoms. The van der Waals surface area contributed by atoms with E-state index in [1.54, 1.807) is 0 Å². The van der Waals surface area contributed by atoms with Crippen molar-refractivity contribution in [2.75, 3.05) is 13.2 Å². The molecule has 0 aromatic rings. The highest BCUT2D eigenvalue weighted by molar-refractivity contribution is 6.45. The largest absolute Gasteiger partial charge is 0.381 e. The van der Waals surface area contributed by atoms with Crippen molar-refractivity contribution in [1.29, 1.82) is 0 Å². The van der Waals surface area contributed by atoms with E-state index < -0.39 is 0 Å². The predicted octanol–water partition coefficient (Wildman–Crippen LogP) is 3.78. The molecule has 0 aromatic heterocycles. The molecule has 1 N–H and O–H groups in total. The molecule has 2 fully saturated rings. The Bertz CT molecular complexity index is 470. The van der Waals surface area contributed by atoms with Gasteiger partial charge in [-0.2, -0.15) is 0 Å². The molecule has 0 radical (unpaired) electrons. The van der Waals surface area contributed by atoms with E-state index in [4.69, 9.17) is 4.74 Å². The maximum absolute atomic E-state index is 12.5.